The molecular formula is C45H59N11O5. The molecule has 4 fully saturated rings. The van der Waals surface area contributed by atoms with Crippen LogP contribution in [0.2, 0.25) is 0 Å². The fraction of sp³-hybridized carbons (Fsp3) is 0.578. The van der Waals surface area contributed by atoms with Crippen molar-refractivity contribution in [2.75, 3.05) is 57.3 Å². The van der Waals surface area contributed by atoms with Crippen LogP contribution in [0.15, 0.2) is 42.7 Å². The molecule has 4 amide bonds. The van der Waals surface area contributed by atoms with Gasteiger partial charge in [-0.25, -0.2) is 14.8 Å². The molecule has 3 unspecified atom stereocenters. The van der Waals surface area contributed by atoms with E-state index in [1.165, 1.54) is 18.1 Å². The van der Waals surface area contributed by atoms with Gasteiger partial charge in [0.25, 0.3) is 0 Å². The Hall–Kier alpha value is -5.35. The number of nitrogens with one attached hydrogen (secondary N) is 3. The molecule has 324 valence electrons. The van der Waals surface area contributed by atoms with E-state index in [-0.39, 0.29) is 41.6 Å². The van der Waals surface area contributed by atoms with Gasteiger partial charge in [-0.15, -0.1) is 10.2 Å². The highest BCUT2D eigenvalue weighted by molar-refractivity contribution is 5.89. The Morgan fingerprint density at radius 3 is 2.43 bits per heavy atom. The van der Waals surface area contributed by atoms with Gasteiger partial charge < -0.3 is 45.4 Å². The molecule has 9 rings (SSSR count). The Labute approximate surface area is 356 Å². The number of hydrogen-bond acceptors (Lipinski definition) is 11. The van der Waals surface area contributed by atoms with Gasteiger partial charge in [0.2, 0.25) is 17.8 Å². The van der Waals surface area contributed by atoms with Crippen molar-refractivity contribution in [1.29, 1.82) is 0 Å². The summed E-state index contributed by atoms with van der Waals surface area (Å²) >= 11 is 0. The summed E-state index contributed by atoms with van der Waals surface area (Å²) in [7, 11) is 0. The van der Waals surface area contributed by atoms with Crippen LogP contribution in [-0.4, -0.2) is 138 Å². The summed E-state index contributed by atoms with van der Waals surface area (Å²) in [5.74, 6) is 0.999. The number of rotatable bonds is 10. The zero-order valence-corrected chi connectivity index (χ0v) is 35.7. The van der Waals surface area contributed by atoms with Crippen molar-refractivity contribution in [3.63, 3.8) is 0 Å². The highest BCUT2D eigenvalue weighted by Crippen LogP contribution is 2.51. The van der Waals surface area contributed by atoms with Gasteiger partial charge in [0.05, 0.1) is 17.8 Å². The number of aliphatic hydroxyl groups is 1. The Bertz CT molecular complexity index is 2280. The van der Waals surface area contributed by atoms with Crippen LogP contribution in [0.25, 0.3) is 22.3 Å². The monoisotopic (exact) mass is 833 g/mol. The first kappa shape index (κ1) is 41.0. The number of aliphatic hydroxyl groups excluding tert-OH is 1. The van der Waals surface area contributed by atoms with Crippen molar-refractivity contribution in [2.45, 2.75) is 103 Å². The number of nitrogens with zero attached hydrogens (tertiary/aromatic N) is 8. The zero-order chi connectivity index (χ0) is 42.6. The van der Waals surface area contributed by atoms with Crippen molar-refractivity contribution in [3.8, 4) is 17.0 Å². The molecular weight excluding hydrogens is 775 g/mol. The van der Waals surface area contributed by atoms with E-state index in [1.54, 1.807) is 17.0 Å². The normalized spacial score (nSPS) is 22.5. The van der Waals surface area contributed by atoms with Crippen LogP contribution in [0.5, 0.6) is 5.75 Å². The lowest BCUT2D eigenvalue weighted by molar-refractivity contribution is -0.136. The van der Waals surface area contributed by atoms with E-state index in [2.05, 4.69) is 42.5 Å². The van der Waals surface area contributed by atoms with Crippen molar-refractivity contribution in [2.24, 2.45) is 10.8 Å². The third-order valence-electron chi connectivity index (χ3n) is 14.4. The lowest BCUT2D eigenvalue weighted by Crippen LogP contribution is -2.70. The van der Waals surface area contributed by atoms with Crippen LogP contribution < -0.4 is 15.5 Å². The van der Waals surface area contributed by atoms with Gasteiger partial charge in [0, 0.05) is 98.7 Å². The minimum atomic E-state index is -0.767. The number of amides is 4. The van der Waals surface area contributed by atoms with Crippen LogP contribution >= 0.6 is 0 Å². The molecule has 3 aromatic heterocycles. The maximum absolute atomic E-state index is 13.7. The summed E-state index contributed by atoms with van der Waals surface area (Å²) in [4.78, 5) is 60.5. The number of urea groups is 1. The second-order valence-electron chi connectivity index (χ2n) is 19.0. The van der Waals surface area contributed by atoms with Gasteiger partial charge in [-0.05, 0) is 93.6 Å². The first-order chi connectivity index (χ1) is 29.3. The van der Waals surface area contributed by atoms with Crippen molar-refractivity contribution < 1.29 is 24.6 Å². The Balaban J connectivity index is 0.761. The number of H-pyrrole nitrogens is 1. The van der Waals surface area contributed by atoms with Gasteiger partial charge in [0.15, 0.2) is 5.65 Å². The van der Waals surface area contributed by atoms with Gasteiger partial charge >= 0.3 is 6.03 Å². The molecule has 5 N–H and O–H groups in total. The summed E-state index contributed by atoms with van der Waals surface area (Å²) in [5.41, 5.74) is 5.06. The molecule has 16 nitrogen and oxygen atoms in total. The van der Waals surface area contributed by atoms with Gasteiger partial charge in [-0.2, -0.15) is 0 Å². The molecule has 1 saturated carbocycles. The fourth-order valence-corrected chi connectivity index (χ4v) is 10.7. The number of carbonyl (C=O) groups excluding carboxylic acids is 3. The Morgan fingerprint density at radius 1 is 1.00 bits per heavy atom. The van der Waals surface area contributed by atoms with E-state index in [1.807, 2.05) is 49.3 Å². The molecule has 16 heteroatoms. The molecule has 4 aliphatic heterocycles. The second-order valence-corrected chi connectivity index (χ2v) is 19.0. The number of aromatic hydroxyl groups is 1. The number of para-hydroxylation sites is 1. The predicted octanol–water partition coefficient (Wildman–Crippen LogP) is 4.11. The molecule has 5 aliphatic rings. The molecule has 1 aliphatic carbocycles. The van der Waals surface area contributed by atoms with Crippen LogP contribution in [0.3, 0.4) is 0 Å². The third kappa shape index (κ3) is 8.00. The summed E-state index contributed by atoms with van der Waals surface area (Å²) in [6, 6.07) is 8.75. The number of phenols is 1. The van der Waals surface area contributed by atoms with E-state index >= 15 is 0 Å². The molecule has 61 heavy (non-hydrogen) atoms. The third-order valence-corrected chi connectivity index (χ3v) is 14.4. The minimum absolute atomic E-state index is 0.0203. The number of likely N-dealkylation sites (tertiary alicyclic amines) is 3. The molecule has 1 aromatic carbocycles. The number of fused-ring (bicyclic) bond motifs is 3. The molecule has 4 aromatic rings. The average molecular weight is 834 g/mol. The number of anilines is 1. The number of carbonyl (C=O) groups is 3. The van der Waals surface area contributed by atoms with Crippen molar-refractivity contribution in [1.82, 2.24) is 50.5 Å². The van der Waals surface area contributed by atoms with Crippen LogP contribution in [0.1, 0.15) is 95.0 Å². The van der Waals surface area contributed by atoms with E-state index < -0.39 is 17.6 Å². The quantitative estimate of drug-likeness (QED) is 0.154. The predicted molar refractivity (Wildman–Crippen MR) is 230 cm³/mol. The lowest BCUT2D eigenvalue weighted by atomic mass is 9.60. The Morgan fingerprint density at radius 2 is 1.74 bits per heavy atom. The largest absolute Gasteiger partial charge is 0.507 e. The van der Waals surface area contributed by atoms with Crippen molar-refractivity contribution in [3.05, 3.63) is 59.5 Å². The summed E-state index contributed by atoms with van der Waals surface area (Å²) in [5, 5.41) is 36.3. The number of phenolic OH excluding ortho intramolecular Hbond substituents is 1. The summed E-state index contributed by atoms with van der Waals surface area (Å²) in [6.07, 6.45) is 9.61. The van der Waals surface area contributed by atoms with E-state index in [0.717, 1.165) is 74.4 Å². The van der Waals surface area contributed by atoms with Crippen LogP contribution in [0, 0.1) is 10.8 Å². The van der Waals surface area contributed by atoms with E-state index in [0.29, 0.717) is 62.2 Å². The fourth-order valence-electron chi connectivity index (χ4n) is 10.7. The molecule has 0 bridgehead atoms. The summed E-state index contributed by atoms with van der Waals surface area (Å²) in [6.45, 7) is 12.9. The highest BCUT2D eigenvalue weighted by Gasteiger charge is 2.56. The number of benzene rings is 1. The second kappa shape index (κ2) is 16.2. The molecule has 0 radical (unpaired) electrons. The highest BCUT2D eigenvalue weighted by atomic mass is 16.3. The van der Waals surface area contributed by atoms with Crippen molar-refractivity contribution >= 4 is 34.8 Å². The first-order valence-corrected chi connectivity index (χ1v) is 22.0. The van der Waals surface area contributed by atoms with Crippen LogP contribution in [-0.2, 0) is 16.0 Å². The number of piperidine rings is 1. The standard InChI is InChI=1S/C45H59N11O5/c1-27-38-34-19-36(33-7-5-6-8-37(33)59)51-52-40(34)49-35(38)12-18-56(27)42-47-22-30(23-48-42)29-9-15-53(16-10-29)31-20-45(21-31)25-55(26-45)43(61)50-39(41(60)54-17-11-32(58)24-54)44(3,4)13-14-46-28(2)57/h5-8,19,22-23,27,29,31-32,39,58-59H,9-18,20-21,24-26H2,1-4H3,(H,46,57)(H,49,52)(H,50,61). The number of aromatic nitrogens is 5. The number of β-amino-alcohol motifs (C(OH)–C–C–N with tert-alkyl or cyclic N) is 1. The maximum Gasteiger partial charge on any atom is 0.318 e. The molecule has 1 spiro atoms. The first-order valence-electron chi connectivity index (χ1n) is 22.0. The topological polar surface area (TPSA) is 196 Å². The smallest absolute Gasteiger partial charge is 0.318 e. The van der Waals surface area contributed by atoms with Gasteiger partial charge in [-0.1, -0.05) is 26.0 Å². The van der Waals surface area contributed by atoms with Crippen LogP contribution in [0.4, 0.5) is 10.7 Å². The number of hydrogen-bond donors (Lipinski definition) is 5. The zero-order valence-electron chi connectivity index (χ0n) is 35.7. The summed E-state index contributed by atoms with van der Waals surface area (Å²) < 4.78 is 0. The Kier molecular flexibility index (Phi) is 10.9. The van der Waals surface area contributed by atoms with Gasteiger partial charge in [-0.3, -0.25) is 9.59 Å². The SMILES string of the molecule is CC(=O)NCCC(C)(C)C(NC(=O)N1CC2(CC(N3CCC(c4cnc(N5CCc6[nH]c7nnc(-c8ccccc8O)cc7c6C5C)nc4)CC3)C2)C1)C(=O)N1CCC(O)C1. The minimum Gasteiger partial charge on any atom is -0.507 e. The molecule has 7 heterocycles. The van der Waals surface area contributed by atoms with E-state index in [9.17, 15) is 24.6 Å². The molecule has 3 saturated heterocycles. The van der Waals surface area contributed by atoms with E-state index in [4.69, 9.17) is 9.97 Å². The number of aromatic amines is 1. The average Bonchev–Trinajstić information content (AvgIpc) is 3.82. The maximum atomic E-state index is 13.7. The lowest BCUT2D eigenvalue weighted by Gasteiger charge is -2.61. The van der Waals surface area contributed by atoms with Gasteiger partial charge in [0.1, 0.15) is 11.8 Å². The molecule has 3 atom stereocenters.